The molecule has 1 aromatic carbocycles. The van der Waals surface area contributed by atoms with E-state index in [1.54, 1.807) is 0 Å². The molecule has 8 heteroatoms. The molecule has 0 unspecified atom stereocenters. The van der Waals surface area contributed by atoms with Crippen molar-refractivity contribution in [2.45, 2.75) is 39.9 Å². The van der Waals surface area contributed by atoms with Crippen LogP contribution in [0.3, 0.4) is 0 Å². The van der Waals surface area contributed by atoms with Gasteiger partial charge in [-0.05, 0) is 44.9 Å². The lowest BCUT2D eigenvalue weighted by Crippen LogP contribution is -2.38. The van der Waals surface area contributed by atoms with E-state index in [4.69, 9.17) is 4.52 Å². The van der Waals surface area contributed by atoms with E-state index in [9.17, 15) is 13.2 Å². The van der Waals surface area contributed by atoms with Crippen LogP contribution in [0.4, 0.5) is 13.2 Å². The van der Waals surface area contributed by atoms with Crippen LogP contribution >= 0.6 is 0 Å². The summed E-state index contributed by atoms with van der Waals surface area (Å²) in [7, 11) is 1.86. The number of halogens is 3. The van der Waals surface area contributed by atoms with E-state index >= 15 is 0 Å². The largest absolute Gasteiger partial charge is 0.416 e. The van der Waals surface area contributed by atoms with Gasteiger partial charge in [-0.25, -0.2) is 0 Å². The molecule has 0 saturated carbocycles. The summed E-state index contributed by atoms with van der Waals surface area (Å²) in [4.78, 5) is 6.49. The van der Waals surface area contributed by atoms with Crippen molar-refractivity contribution in [2.24, 2.45) is 4.99 Å². The maximum Gasteiger partial charge on any atom is 0.416 e. The quantitative estimate of drug-likeness (QED) is 0.607. The van der Waals surface area contributed by atoms with Crippen LogP contribution in [0, 0.1) is 13.8 Å². The van der Waals surface area contributed by atoms with E-state index in [0.29, 0.717) is 32.0 Å². The first-order chi connectivity index (χ1) is 12.7. The Bertz CT molecular complexity index is 747. The number of benzene rings is 1. The van der Waals surface area contributed by atoms with Crippen LogP contribution in [0.15, 0.2) is 33.8 Å². The van der Waals surface area contributed by atoms with Crippen molar-refractivity contribution in [1.29, 1.82) is 0 Å². The second kappa shape index (κ2) is 8.92. The van der Waals surface area contributed by atoms with Crippen molar-refractivity contribution in [2.75, 3.05) is 20.1 Å². The zero-order valence-corrected chi connectivity index (χ0v) is 16.0. The fourth-order valence-electron chi connectivity index (χ4n) is 2.75. The number of guanidine groups is 1. The lowest BCUT2D eigenvalue weighted by Gasteiger charge is -2.22. The van der Waals surface area contributed by atoms with Crippen molar-refractivity contribution in [1.82, 2.24) is 15.4 Å². The third-order valence-electron chi connectivity index (χ3n) is 4.20. The average Bonchev–Trinajstić information content (AvgIpc) is 2.92. The third-order valence-corrected chi connectivity index (χ3v) is 4.20. The minimum absolute atomic E-state index is 0.454. The normalized spacial score (nSPS) is 12.3. The smallest absolute Gasteiger partial charge is 0.361 e. The van der Waals surface area contributed by atoms with Crippen molar-refractivity contribution in [3.8, 4) is 0 Å². The molecule has 0 atom stereocenters. The van der Waals surface area contributed by atoms with Crippen molar-refractivity contribution in [3.63, 3.8) is 0 Å². The average molecular weight is 382 g/mol. The minimum Gasteiger partial charge on any atom is -0.361 e. The van der Waals surface area contributed by atoms with Gasteiger partial charge in [0.25, 0.3) is 0 Å². The molecule has 0 fully saturated rings. The maximum atomic E-state index is 12.7. The monoisotopic (exact) mass is 382 g/mol. The van der Waals surface area contributed by atoms with Gasteiger partial charge in [-0.3, -0.25) is 4.99 Å². The van der Waals surface area contributed by atoms with E-state index in [1.807, 2.05) is 32.7 Å². The van der Waals surface area contributed by atoms with Crippen LogP contribution in [0.1, 0.15) is 35.1 Å². The molecule has 0 saturated heterocycles. The van der Waals surface area contributed by atoms with Gasteiger partial charge in [0.1, 0.15) is 5.76 Å². The molecule has 0 aliphatic heterocycles. The number of hydrogen-bond acceptors (Lipinski definition) is 3. The summed E-state index contributed by atoms with van der Waals surface area (Å²) in [6.45, 7) is 7.45. The van der Waals surface area contributed by atoms with Crippen molar-refractivity contribution < 1.29 is 17.7 Å². The van der Waals surface area contributed by atoms with E-state index in [-0.39, 0.29) is 0 Å². The zero-order chi connectivity index (χ0) is 20.0. The molecule has 2 rings (SSSR count). The van der Waals surface area contributed by atoms with Gasteiger partial charge in [0.05, 0.1) is 11.3 Å². The summed E-state index contributed by atoms with van der Waals surface area (Å²) in [5.41, 5.74) is 2.06. The molecule has 148 valence electrons. The molecule has 0 aliphatic carbocycles. The molecular weight excluding hydrogens is 357 g/mol. The van der Waals surface area contributed by atoms with Gasteiger partial charge < -0.3 is 14.7 Å². The van der Waals surface area contributed by atoms with E-state index in [0.717, 1.165) is 34.7 Å². The molecule has 27 heavy (non-hydrogen) atoms. The number of nitrogens with zero attached hydrogens (tertiary/aromatic N) is 3. The second-order valence-corrected chi connectivity index (χ2v) is 6.34. The fraction of sp³-hybridized carbons (Fsp3) is 0.474. The van der Waals surface area contributed by atoms with Crippen molar-refractivity contribution >= 4 is 5.96 Å². The van der Waals surface area contributed by atoms with Gasteiger partial charge in [-0.1, -0.05) is 17.3 Å². The number of rotatable bonds is 6. The number of nitrogens with one attached hydrogen (secondary N) is 1. The molecular formula is C19H25F3N4O. The Morgan fingerprint density at radius 2 is 1.89 bits per heavy atom. The molecule has 0 amide bonds. The fourth-order valence-corrected chi connectivity index (χ4v) is 2.75. The van der Waals surface area contributed by atoms with Crippen LogP contribution in [-0.2, 0) is 19.1 Å². The summed E-state index contributed by atoms with van der Waals surface area (Å²) >= 11 is 0. The SMILES string of the molecule is CCNC(=NCCc1c(C)noc1C)N(C)Cc1ccc(C(F)(F)F)cc1. The highest BCUT2D eigenvalue weighted by Crippen LogP contribution is 2.29. The number of aromatic nitrogens is 1. The third kappa shape index (κ3) is 5.74. The summed E-state index contributed by atoms with van der Waals surface area (Å²) in [6, 6.07) is 5.19. The Balaban J connectivity index is 2.02. The number of hydrogen-bond donors (Lipinski definition) is 1. The Hall–Kier alpha value is -2.51. The van der Waals surface area contributed by atoms with Gasteiger partial charge in [0.2, 0.25) is 0 Å². The molecule has 1 heterocycles. The highest BCUT2D eigenvalue weighted by molar-refractivity contribution is 5.79. The number of aryl methyl sites for hydroxylation is 2. The molecule has 0 aliphatic rings. The van der Waals surface area contributed by atoms with Crippen LogP contribution in [-0.4, -0.2) is 36.2 Å². The summed E-state index contributed by atoms with van der Waals surface area (Å²) < 4.78 is 43.2. The Morgan fingerprint density at radius 1 is 1.22 bits per heavy atom. The predicted molar refractivity (Wildman–Crippen MR) is 98.6 cm³/mol. The van der Waals surface area contributed by atoms with Crippen LogP contribution in [0.25, 0.3) is 0 Å². The minimum atomic E-state index is -4.32. The molecule has 5 nitrogen and oxygen atoms in total. The van der Waals surface area contributed by atoms with Crippen LogP contribution < -0.4 is 5.32 Å². The molecule has 2 aromatic rings. The van der Waals surface area contributed by atoms with E-state index in [2.05, 4.69) is 15.5 Å². The van der Waals surface area contributed by atoms with Gasteiger partial charge in [0, 0.05) is 32.2 Å². The van der Waals surface area contributed by atoms with E-state index in [1.165, 1.54) is 12.1 Å². The molecule has 1 N–H and O–H groups in total. The first-order valence-corrected chi connectivity index (χ1v) is 8.79. The maximum absolute atomic E-state index is 12.7. The highest BCUT2D eigenvalue weighted by atomic mass is 19.4. The first kappa shape index (κ1) is 20.8. The molecule has 1 aromatic heterocycles. The second-order valence-electron chi connectivity index (χ2n) is 6.34. The predicted octanol–water partition coefficient (Wildman–Crippen LogP) is 3.95. The summed E-state index contributed by atoms with van der Waals surface area (Å²) in [6.07, 6.45) is -3.61. The van der Waals surface area contributed by atoms with Crippen molar-refractivity contribution in [3.05, 3.63) is 52.4 Å². The lowest BCUT2D eigenvalue weighted by atomic mass is 10.1. The van der Waals surface area contributed by atoms with Crippen LogP contribution in [0.2, 0.25) is 0 Å². The zero-order valence-electron chi connectivity index (χ0n) is 16.0. The van der Waals surface area contributed by atoms with Crippen LogP contribution in [0.5, 0.6) is 0 Å². The lowest BCUT2D eigenvalue weighted by molar-refractivity contribution is -0.137. The Labute approximate surface area is 157 Å². The summed E-state index contributed by atoms with van der Waals surface area (Å²) in [5.74, 6) is 1.50. The number of aliphatic imine (C=N–C) groups is 1. The highest BCUT2D eigenvalue weighted by Gasteiger charge is 2.29. The Morgan fingerprint density at radius 3 is 2.41 bits per heavy atom. The summed E-state index contributed by atoms with van der Waals surface area (Å²) in [5, 5.41) is 7.14. The molecule has 0 spiro atoms. The van der Waals surface area contributed by atoms with Gasteiger partial charge in [-0.15, -0.1) is 0 Å². The van der Waals surface area contributed by atoms with Gasteiger partial charge in [-0.2, -0.15) is 13.2 Å². The molecule has 0 radical (unpaired) electrons. The van der Waals surface area contributed by atoms with E-state index < -0.39 is 11.7 Å². The number of alkyl halides is 3. The molecule has 0 bridgehead atoms. The topological polar surface area (TPSA) is 53.7 Å². The Kier molecular flexibility index (Phi) is 6.87. The van der Waals surface area contributed by atoms with Gasteiger partial charge >= 0.3 is 6.18 Å². The first-order valence-electron chi connectivity index (χ1n) is 8.79. The van der Waals surface area contributed by atoms with Gasteiger partial charge in [0.15, 0.2) is 5.96 Å². The standard InChI is InChI=1S/C19H25F3N4O/c1-5-23-18(24-11-10-17-13(2)25-27-14(17)3)26(4)12-15-6-8-16(9-7-15)19(20,21)22/h6-9H,5,10-12H2,1-4H3,(H,23,24).